The third-order valence-electron chi connectivity index (χ3n) is 4.90. The van der Waals surface area contributed by atoms with Crippen LogP contribution in [0.2, 0.25) is 0 Å². The van der Waals surface area contributed by atoms with E-state index in [1.165, 1.54) is 0 Å². The Bertz CT molecular complexity index is 1250. The number of carbonyl (C=O) groups is 2. The summed E-state index contributed by atoms with van der Waals surface area (Å²) in [6.07, 6.45) is -0.789. The van der Waals surface area contributed by atoms with Gasteiger partial charge in [-0.1, -0.05) is 30.3 Å². The Morgan fingerprint density at radius 1 is 0.879 bits per heavy atom. The molecule has 2 N–H and O–H groups in total. The molecule has 33 heavy (non-hydrogen) atoms. The van der Waals surface area contributed by atoms with Crippen molar-refractivity contribution < 1.29 is 23.5 Å². The number of amides is 2. The minimum atomic E-state index is -0.789. The highest BCUT2D eigenvalue weighted by Gasteiger charge is 2.25. The van der Waals surface area contributed by atoms with Crippen molar-refractivity contribution in [3.8, 4) is 11.5 Å². The van der Waals surface area contributed by atoms with Crippen LogP contribution in [-0.4, -0.2) is 24.5 Å². The predicted octanol–water partition coefficient (Wildman–Crippen LogP) is 5.49. The summed E-state index contributed by atoms with van der Waals surface area (Å²) in [7, 11) is 0. The van der Waals surface area contributed by atoms with E-state index in [1.807, 2.05) is 31.2 Å². The molecule has 0 fully saturated rings. The van der Waals surface area contributed by atoms with Gasteiger partial charge in [0, 0.05) is 11.1 Å². The highest BCUT2D eigenvalue weighted by Crippen LogP contribution is 2.32. The maximum Gasteiger partial charge on any atom is 0.293 e. The lowest BCUT2D eigenvalue weighted by Gasteiger charge is -2.15. The highest BCUT2D eigenvalue weighted by molar-refractivity contribution is 6.15. The summed E-state index contributed by atoms with van der Waals surface area (Å²) in [6.45, 7) is 4.10. The summed E-state index contributed by atoms with van der Waals surface area (Å²) < 4.78 is 16.9. The van der Waals surface area contributed by atoms with Crippen LogP contribution in [0.15, 0.2) is 83.3 Å². The molecule has 2 amide bonds. The van der Waals surface area contributed by atoms with Crippen molar-refractivity contribution in [2.24, 2.45) is 0 Å². The monoisotopic (exact) mass is 444 g/mol. The van der Waals surface area contributed by atoms with Gasteiger partial charge in [0.05, 0.1) is 6.61 Å². The second kappa shape index (κ2) is 9.91. The fourth-order valence-corrected chi connectivity index (χ4v) is 3.30. The van der Waals surface area contributed by atoms with Crippen LogP contribution in [0.25, 0.3) is 11.0 Å². The molecule has 1 atom stereocenters. The zero-order valence-corrected chi connectivity index (χ0v) is 18.3. The largest absolute Gasteiger partial charge is 0.494 e. The van der Waals surface area contributed by atoms with Gasteiger partial charge in [-0.2, -0.15) is 0 Å². The predicted molar refractivity (Wildman–Crippen MR) is 127 cm³/mol. The molecule has 4 aromatic rings. The molecule has 1 aromatic heterocycles. The van der Waals surface area contributed by atoms with Gasteiger partial charge in [0.15, 0.2) is 6.10 Å². The van der Waals surface area contributed by atoms with Crippen molar-refractivity contribution >= 4 is 34.2 Å². The lowest BCUT2D eigenvalue weighted by Crippen LogP contribution is -2.30. The van der Waals surface area contributed by atoms with Gasteiger partial charge in [-0.3, -0.25) is 9.59 Å². The number of nitrogens with one attached hydrogen (secondary N) is 2. The van der Waals surface area contributed by atoms with E-state index < -0.39 is 17.9 Å². The summed E-state index contributed by atoms with van der Waals surface area (Å²) in [4.78, 5) is 25.9. The van der Waals surface area contributed by atoms with Crippen molar-refractivity contribution in [2.45, 2.75) is 20.0 Å². The SMILES string of the molecule is CCOc1ccc(NC(=O)c2oc3ccccc3c2NC(=O)[C@@H](C)Oc2ccccc2)cc1. The van der Waals surface area contributed by atoms with E-state index in [0.29, 0.717) is 40.4 Å². The van der Waals surface area contributed by atoms with Crippen LogP contribution in [0.3, 0.4) is 0 Å². The van der Waals surface area contributed by atoms with Crippen LogP contribution < -0.4 is 20.1 Å². The average molecular weight is 444 g/mol. The molecule has 0 unspecified atom stereocenters. The molecule has 7 nitrogen and oxygen atoms in total. The fourth-order valence-electron chi connectivity index (χ4n) is 3.30. The Labute approximate surface area is 191 Å². The molecule has 0 aliphatic heterocycles. The molecular weight excluding hydrogens is 420 g/mol. The number of furan rings is 1. The molecule has 0 saturated heterocycles. The molecule has 0 spiro atoms. The van der Waals surface area contributed by atoms with Crippen LogP contribution in [-0.2, 0) is 4.79 Å². The fraction of sp³-hybridized carbons (Fsp3) is 0.154. The van der Waals surface area contributed by atoms with Crippen LogP contribution >= 0.6 is 0 Å². The molecule has 0 aliphatic rings. The highest BCUT2D eigenvalue weighted by atomic mass is 16.5. The molecule has 168 valence electrons. The van der Waals surface area contributed by atoms with Crippen molar-refractivity contribution in [3.63, 3.8) is 0 Å². The van der Waals surface area contributed by atoms with Crippen LogP contribution in [0.5, 0.6) is 11.5 Å². The van der Waals surface area contributed by atoms with Gasteiger partial charge in [-0.15, -0.1) is 0 Å². The van der Waals surface area contributed by atoms with Gasteiger partial charge < -0.3 is 24.5 Å². The number of hydrogen-bond acceptors (Lipinski definition) is 5. The molecule has 1 heterocycles. The standard InChI is InChI=1S/C26H24N2O5/c1-3-31-19-15-13-18(14-16-19)27-26(30)24-23(21-11-7-8-12-22(21)33-24)28-25(29)17(2)32-20-9-5-4-6-10-20/h4-17H,3H2,1-2H3,(H,27,30)(H,28,29)/t17-/m1/s1. The van der Waals surface area contributed by atoms with E-state index >= 15 is 0 Å². The van der Waals surface area contributed by atoms with Gasteiger partial charge in [-0.05, 0) is 62.4 Å². The Morgan fingerprint density at radius 3 is 2.30 bits per heavy atom. The van der Waals surface area contributed by atoms with Crippen molar-refractivity contribution in [1.82, 2.24) is 0 Å². The van der Waals surface area contributed by atoms with Crippen molar-refractivity contribution in [2.75, 3.05) is 17.2 Å². The third-order valence-corrected chi connectivity index (χ3v) is 4.90. The molecule has 0 radical (unpaired) electrons. The topological polar surface area (TPSA) is 89.8 Å². The van der Waals surface area contributed by atoms with E-state index in [-0.39, 0.29) is 5.76 Å². The minimum Gasteiger partial charge on any atom is -0.494 e. The van der Waals surface area contributed by atoms with Gasteiger partial charge in [0.1, 0.15) is 22.8 Å². The molecule has 0 saturated carbocycles. The normalized spacial score (nSPS) is 11.6. The maximum atomic E-state index is 13.0. The maximum absolute atomic E-state index is 13.0. The minimum absolute atomic E-state index is 0.00495. The van der Waals surface area contributed by atoms with Gasteiger partial charge in [0.25, 0.3) is 11.8 Å². The van der Waals surface area contributed by atoms with E-state index in [4.69, 9.17) is 13.9 Å². The number of ether oxygens (including phenoxy) is 2. The number of hydrogen-bond donors (Lipinski definition) is 2. The summed E-state index contributed by atoms with van der Waals surface area (Å²) in [6, 6.07) is 23.2. The first kappa shape index (κ1) is 22.0. The van der Waals surface area contributed by atoms with Crippen LogP contribution in [0.4, 0.5) is 11.4 Å². The van der Waals surface area contributed by atoms with Crippen molar-refractivity contribution in [3.05, 3.63) is 84.6 Å². The lowest BCUT2D eigenvalue weighted by atomic mass is 10.2. The van der Waals surface area contributed by atoms with E-state index in [1.54, 1.807) is 61.5 Å². The number of fused-ring (bicyclic) bond motifs is 1. The average Bonchev–Trinajstić information content (AvgIpc) is 3.19. The van der Waals surface area contributed by atoms with Crippen LogP contribution in [0, 0.1) is 0 Å². The summed E-state index contributed by atoms with van der Waals surface area (Å²) >= 11 is 0. The smallest absolute Gasteiger partial charge is 0.293 e. The first-order valence-electron chi connectivity index (χ1n) is 10.6. The van der Waals surface area contributed by atoms with Crippen molar-refractivity contribution in [1.29, 1.82) is 0 Å². The van der Waals surface area contributed by atoms with Gasteiger partial charge in [0.2, 0.25) is 5.76 Å². The second-order valence-corrected chi connectivity index (χ2v) is 7.28. The molecule has 0 aliphatic carbocycles. The Balaban J connectivity index is 1.56. The second-order valence-electron chi connectivity index (χ2n) is 7.28. The zero-order chi connectivity index (χ0) is 23.2. The van der Waals surface area contributed by atoms with E-state index in [2.05, 4.69) is 10.6 Å². The molecule has 4 rings (SSSR count). The molecule has 7 heteroatoms. The number of anilines is 2. The summed E-state index contributed by atoms with van der Waals surface area (Å²) in [5.41, 5.74) is 1.35. The first-order valence-corrected chi connectivity index (χ1v) is 10.6. The third kappa shape index (κ3) is 5.15. The van der Waals surface area contributed by atoms with Gasteiger partial charge >= 0.3 is 0 Å². The summed E-state index contributed by atoms with van der Waals surface area (Å²) in [5, 5.41) is 6.23. The van der Waals surface area contributed by atoms with Gasteiger partial charge in [-0.25, -0.2) is 0 Å². The van der Waals surface area contributed by atoms with E-state index in [9.17, 15) is 9.59 Å². The molecule has 0 bridgehead atoms. The number of rotatable bonds is 8. The van der Waals surface area contributed by atoms with Crippen LogP contribution in [0.1, 0.15) is 24.4 Å². The number of para-hydroxylation sites is 2. The Hall–Kier alpha value is -4.26. The first-order chi connectivity index (χ1) is 16.0. The molecule has 3 aromatic carbocycles. The quantitative estimate of drug-likeness (QED) is 0.375. The van der Waals surface area contributed by atoms with E-state index in [0.717, 1.165) is 0 Å². The summed E-state index contributed by atoms with van der Waals surface area (Å²) in [5.74, 6) is 0.401. The Kier molecular flexibility index (Phi) is 6.59. The number of benzene rings is 3. The number of carbonyl (C=O) groups excluding carboxylic acids is 2. The lowest BCUT2D eigenvalue weighted by molar-refractivity contribution is -0.122. The Morgan fingerprint density at radius 2 is 1.58 bits per heavy atom. The molecular formula is C26H24N2O5. The zero-order valence-electron chi connectivity index (χ0n) is 18.3.